The number of fused-ring (bicyclic) bond motifs is 1. The topological polar surface area (TPSA) is 75.4 Å². The van der Waals surface area contributed by atoms with Gasteiger partial charge >= 0.3 is 6.18 Å². The fourth-order valence-corrected chi connectivity index (χ4v) is 5.06. The summed E-state index contributed by atoms with van der Waals surface area (Å²) in [5.74, 6) is 1.16. The molecular formula is C25H24F3N5O2S. The number of halogens is 3. The zero-order chi connectivity index (χ0) is 25.3. The van der Waals surface area contributed by atoms with Crippen LogP contribution in [0.25, 0.3) is 22.4 Å². The molecule has 1 amide bonds. The van der Waals surface area contributed by atoms with Crippen LogP contribution in [0.3, 0.4) is 0 Å². The second-order valence-corrected chi connectivity index (χ2v) is 9.56. The Morgan fingerprint density at radius 1 is 1.11 bits per heavy atom. The fraction of sp³-hybridized carbons (Fsp3) is 0.360. The Labute approximate surface area is 209 Å². The first kappa shape index (κ1) is 24.2. The molecule has 1 aromatic carbocycles. The van der Waals surface area contributed by atoms with Crippen LogP contribution >= 0.6 is 11.3 Å². The highest BCUT2D eigenvalue weighted by molar-refractivity contribution is 7.12. The fourth-order valence-electron chi connectivity index (χ4n) is 4.37. The molecule has 0 bridgehead atoms. The Morgan fingerprint density at radius 3 is 2.72 bits per heavy atom. The summed E-state index contributed by atoms with van der Waals surface area (Å²) in [6.07, 6.45) is -2.32. The molecule has 0 N–H and O–H groups in total. The third-order valence-corrected chi connectivity index (χ3v) is 6.97. The maximum atomic E-state index is 13.4. The molecule has 36 heavy (non-hydrogen) atoms. The number of rotatable bonds is 5. The van der Waals surface area contributed by atoms with E-state index in [0.29, 0.717) is 54.5 Å². The van der Waals surface area contributed by atoms with Crippen molar-refractivity contribution in [2.45, 2.75) is 32.4 Å². The van der Waals surface area contributed by atoms with Gasteiger partial charge in [-0.05, 0) is 36.4 Å². The van der Waals surface area contributed by atoms with Crippen molar-refractivity contribution in [3.05, 3.63) is 58.0 Å². The van der Waals surface area contributed by atoms with Gasteiger partial charge in [0.15, 0.2) is 0 Å². The lowest BCUT2D eigenvalue weighted by molar-refractivity contribution is -0.137. The third-order valence-electron chi connectivity index (χ3n) is 6.11. The monoisotopic (exact) mass is 515 g/mol. The summed E-state index contributed by atoms with van der Waals surface area (Å²) in [4.78, 5) is 26.8. The molecular weight excluding hydrogens is 491 g/mol. The number of carbonyl (C=O) groups excluding carboxylic acids is 1. The number of hydrogen-bond donors (Lipinski definition) is 0. The zero-order valence-corrected chi connectivity index (χ0v) is 20.4. The van der Waals surface area contributed by atoms with Gasteiger partial charge < -0.3 is 14.3 Å². The molecule has 11 heteroatoms. The van der Waals surface area contributed by atoms with Gasteiger partial charge in [-0.15, -0.1) is 11.3 Å². The standard InChI is InChI=1S/C25H24F3N5O2S/c1-2-6-19-29-22(32-10-5-11-33(13-12-32)24(34)18-9-4-14-36-18)20-21(31-35-23(20)30-19)16-7-3-8-17(15-16)25(26,27)28/h3-4,7-9,14-15H,2,5-6,10-13H2,1H3. The van der Waals surface area contributed by atoms with Crippen LogP contribution in [0.2, 0.25) is 0 Å². The SMILES string of the molecule is CCCc1nc(N2CCCN(C(=O)c3cccs3)CC2)c2c(-c3cccc(C(F)(F)F)c3)noc2n1. The van der Waals surface area contributed by atoms with E-state index in [4.69, 9.17) is 9.51 Å². The van der Waals surface area contributed by atoms with Gasteiger partial charge in [0.25, 0.3) is 11.6 Å². The highest BCUT2D eigenvalue weighted by Gasteiger charge is 2.32. The summed E-state index contributed by atoms with van der Waals surface area (Å²) in [7, 11) is 0. The molecule has 1 aliphatic heterocycles. The number of aryl methyl sites for hydroxylation is 1. The first-order chi connectivity index (χ1) is 17.3. The third kappa shape index (κ3) is 4.79. The largest absolute Gasteiger partial charge is 0.416 e. The molecule has 0 aliphatic carbocycles. The Morgan fingerprint density at radius 2 is 1.97 bits per heavy atom. The first-order valence-electron chi connectivity index (χ1n) is 11.8. The normalized spacial score (nSPS) is 14.9. The van der Waals surface area contributed by atoms with Crippen molar-refractivity contribution >= 4 is 34.2 Å². The molecule has 1 aliphatic rings. The molecule has 0 atom stereocenters. The Bertz CT molecular complexity index is 1370. The number of aromatic nitrogens is 3. The van der Waals surface area contributed by atoms with E-state index in [1.807, 2.05) is 29.3 Å². The van der Waals surface area contributed by atoms with Gasteiger partial charge in [0.05, 0.1) is 10.4 Å². The van der Waals surface area contributed by atoms with Crippen molar-refractivity contribution in [3.8, 4) is 11.3 Å². The smallest absolute Gasteiger partial charge is 0.354 e. The summed E-state index contributed by atoms with van der Waals surface area (Å²) in [6, 6.07) is 8.68. The summed E-state index contributed by atoms with van der Waals surface area (Å²) in [6.45, 7) is 4.26. The molecule has 0 spiro atoms. The Balaban J connectivity index is 1.53. The van der Waals surface area contributed by atoms with Crippen molar-refractivity contribution in [2.75, 3.05) is 31.1 Å². The van der Waals surface area contributed by atoms with E-state index in [-0.39, 0.29) is 22.9 Å². The molecule has 1 fully saturated rings. The molecule has 0 radical (unpaired) electrons. The average Bonchev–Trinajstić information content (AvgIpc) is 3.48. The van der Waals surface area contributed by atoms with Crippen molar-refractivity contribution < 1.29 is 22.5 Å². The second-order valence-electron chi connectivity index (χ2n) is 8.61. The molecule has 4 aromatic rings. The number of thiophene rings is 1. The molecule has 7 nitrogen and oxygen atoms in total. The average molecular weight is 516 g/mol. The van der Waals surface area contributed by atoms with Gasteiger partial charge in [-0.2, -0.15) is 18.2 Å². The molecule has 1 saturated heterocycles. The zero-order valence-electron chi connectivity index (χ0n) is 19.6. The van der Waals surface area contributed by atoms with Gasteiger partial charge in [-0.1, -0.05) is 30.3 Å². The number of nitrogens with zero attached hydrogens (tertiary/aromatic N) is 5. The van der Waals surface area contributed by atoms with E-state index < -0.39 is 11.7 Å². The first-order valence-corrected chi connectivity index (χ1v) is 12.6. The summed E-state index contributed by atoms with van der Waals surface area (Å²) in [5, 5.41) is 6.47. The van der Waals surface area contributed by atoms with Crippen LogP contribution in [0.1, 0.15) is 40.8 Å². The van der Waals surface area contributed by atoms with Crippen LogP contribution in [0, 0.1) is 0 Å². The number of carbonyl (C=O) groups is 1. The van der Waals surface area contributed by atoms with E-state index >= 15 is 0 Å². The second kappa shape index (κ2) is 9.88. The molecule has 0 saturated carbocycles. The molecule has 4 heterocycles. The van der Waals surface area contributed by atoms with E-state index in [0.717, 1.165) is 25.0 Å². The van der Waals surface area contributed by atoms with Gasteiger partial charge in [-0.25, -0.2) is 4.98 Å². The number of alkyl halides is 3. The number of anilines is 1. The summed E-state index contributed by atoms with van der Waals surface area (Å²) >= 11 is 1.42. The molecule has 188 valence electrons. The van der Waals surface area contributed by atoms with Gasteiger partial charge in [-0.3, -0.25) is 4.79 Å². The van der Waals surface area contributed by atoms with E-state index in [2.05, 4.69) is 15.0 Å². The number of benzene rings is 1. The van der Waals surface area contributed by atoms with Crippen molar-refractivity contribution in [3.63, 3.8) is 0 Å². The maximum Gasteiger partial charge on any atom is 0.416 e. The van der Waals surface area contributed by atoms with Gasteiger partial charge in [0, 0.05) is 38.2 Å². The van der Waals surface area contributed by atoms with Crippen LogP contribution in [-0.4, -0.2) is 52.1 Å². The van der Waals surface area contributed by atoms with Crippen LogP contribution in [0.15, 0.2) is 46.3 Å². The van der Waals surface area contributed by atoms with E-state index in [1.54, 1.807) is 6.07 Å². The van der Waals surface area contributed by atoms with Crippen LogP contribution < -0.4 is 4.90 Å². The number of hydrogen-bond acceptors (Lipinski definition) is 7. The number of amides is 1. The van der Waals surface area contributed by atoms with Crippen LogP contribution in [0.5, 0.6) is 0 Å². The minimum Gasteiger partial charge on any atom is -0.354 e. The van der Waals surface area contributed by atoms with Crippen LogP contribution in [-0.2, 0) is 12.6 Å². The molecule has 5 rings (SSSR count). The van der Waals surface area contributed by atoms with Gasteiger partial charge in [0.2, 0.25) is 0 Å². The lowest BCUT2D eigenvalue weighted by Crippen LogP contribution is -2.35. The van der Waals surface area contributed by atoms with E-state index in [1.165, 1.54) is 17.4 Å². The Kier molecular flexibility index (Phi) is 6.65. The predicted molar refractivity (Wildman–Crippen MR) is 131 cm³/mol. The quantitative estimate of drug-likeness (QED) is 0.341. The van der Waals surface area contributed by atoms with Crippen molar-refractivity contribution in [2.24, 2.45) is 0 Å². The van der Waals surface area contributed by atoms with Crippen molar-refractivity contribution in [1.29, 1.82) is 0 Å². The Hall–Kier alpha value is -3.47. The lowest BCUT2D eigenvalue weighted by Gasteiger charge is -2.23. The van der Waals surface area contributed by atoms with E-state index in [9.17, 15) is 18.0 Å². The minimum atomic E-state index is -4.48. The summed E-state index contributed by atoms with van der Waals surface area (Å²) in [5.41, 5.74) is 0.0243. The van der Waals surface area contributed by atoms with Crippen LogP contribution in [0.4, 0.5) is 19.0 Å². The minimum absolute atomic E-state index is 0.000916. The van der Waals surface area contributed by atoms with Crippen molar-refractivity contribution in [1.82, 2.24) is 20.0 Å². The van der Waals surface area contributed by atoms with Gasteiger partial charge in [0.1, 0.15) is 22.7 Å². The highest BCUT2D eigenvalue weighted by Crippen LogP contribution is 2.37. The summed E-state index contributed by atoms with van der Waals surface area (Å²) < 4.78 is 45.6. The molecule has 3 aromatic heterocycles. The highest BCUT2D eigenvalue weighted by atomic mass is 32.1. The lowest BCUT2D eigenvalue weighted by atomic mass is 10.1. The molecule has 0 unspecified atom stereocenters. The predicted octanol–water partition coefficient (Wildman–Crippen LogP) is 5.67. The maximum absolute atomic E-state index is 13.4.